The molecule has 0 spiro atoms. The number of aryl methyl sites for hydroxylation is 1. The second kappa shape index (κ2) is 3.30. The molecular formula is C9H6BrFN2O2. The third-order valence-corrected chi connectivity index (χ3v) is 2.94. The molecule has 0 bridgehead atoms. The highest BCUT2D eigenvalue weighted by Crippen LogP contribution is 2.29. The van der Waals surface area contributed by atoms with Crippen LogP contribution in [0.3, 0.4) is 0 Å². The van der Waals surface area contributed by atoms with Gasteiger partial charge in [-0.1, -0.05) is 0 Å². The molecule has 0 unspecified atom stereocenters. The Morgan fingerprint density at radius 1 is 1.67 bits per heavy atom. The molecule has 0 radical (unpaired) electrons. The van der Waals surface area contributed by atoms with Gasteiger partial charge < -0.3 is 5.11 Å². The van der Waals surface area contributed by atoms with Crippen LogP contribution in [-0.4, -0.2) is 20.9 Å². The molecular weight excluding hydrogens is 267 g/mol. The summed E-state index contributed by atoms with van der Waals surface area (Å²) in [4.78, 5) is 10.8. The second-order valence-electron chi connectivity index (χ2n) is 3.06. The van der Waals surface area contributed by atoms with Crippen molar-refractivity contribution in [2.45, 2.75) is 0 Å². The summed E-state index contributed by atoms with van der Waals surface area (Å²) >= 11 is 3.02. The number of fused-ring (bicyclic) bond motifs is 1. The van der Waals surface area contributed by atoms with Gasteiger partial charge in [-0.05, 0) is 22.0 Å². The molecule has 0 saturated carbocycles. The maximum Gasteiger partial charge on any atom is 0.338 e. The molecule has 0 aliphatic heterocycles. The normalized spacial score (nSPS) is 10.9. The Labute approximate surface area is 92.4 Å². The minimum absolute atomic E-state index is 0.130. The van der Waals surface area contributed by atoms with Gasteiger partial charge in [0, 0.05) is 12.4 Å². The van der Waals surface area contributed by atoms with E-state index in [9.17, 15) is 9.18 Å². The Kier molecular flexibility index (Phi) is 2.22. The predicted octanol–water partition coefficient (Wildman–Crippen LogP) is 2.17. The van der Waals surface area contributed by atoms with Crippen LogP contribution in [0.5, 0.6) is 0 Å². The molecule has 0 fully saturated rings. The molecule has 1 aromatic heterocycles. The minimum Gasteiger partial charge on any atom is -0.478 e. The molecule has 6 heteroatoms. The van der Waals surface area contributed by atoms with Crippen molar-refractivity contribution in [1.82, 2.24) is 9.78 Å². The summed E-state index contributed by atoms with van der Waals surface area (Å²) in [7, 11) is 1.66. The largest absolute Gasteiger partial charge is 0.478 e. The molecule has 0 saturated heterocycles. The molecule has 1 aromatic carbocycles. The molecule has 0 aliphatic rings. The number of aromatic carboxylic acids is 1. The van der Waals surface area contributed by atoms with Crippen molar-refractivity contribution in [3.05, 3.63) is 28.1 Å². The van der Waals surface area contributed by atoms with E-state index >= 15 is 0 Å². The van der Waals surface area contributed by atoms with Crippen molar-refractivity contribution in [2.75, 3.05) is 0 Å². The summed E-state index contributed by atoms with van der Waals surface area (Å²) in [6.45, 7) is 0. The summed E-state index contributed by atoms with van der Waals surface area (Å²) < 4.78 is 15.1. The van der Waals surface area contributed by atoms with Gasteiger partial charge in [-0.15, -0.1) is 0 Å². The van der Waals surface area contributed by atoms with E-state index in [1.54, 1.807) is 7.05 Å². The van der Waals surface area contributed by atoms with Crippen LogP contribution in [0.4, 0.5) is 4.39 Å². The van der Waals surface area contributed by atoms with Crippen molar-refractivity contribution in [3.8, 4) is 0 Å². The maximum absolute atomic E-state index is 13.5. The highest BCUT2D eigenvalue weighted by atomic mass is 79.9. The van der Waals surface area contributed by atoms with Gasteiger partial charge in [-0.25, -0.2) is 9.18 Å². The third-order valence-electron chi connectivity index (χ3n) is 2.16. The molecule has 1 N–H and O–H groups in total. The van der Waals surface area contributed by atoms with Crippen molar-refractivity contribution in [2.24, 2.45) is 7.05 Å². The van der Waals surface area contributed by atoms with Crippen LogP contribution in [-0.2, 0) is 7.05 Å². The number of hydrogen-bond acceptors (Lipinski definition) is 2. The first kappa shape index (κ1) is 10.1. The molecule has 2 rings (SSSR count). The van der Waals surface area contributed by atoms with E-state index in [4.69, 9.17) is 5.11 Å². The van der Waals surface area contributed by atoms with E-state index in [1.807, 2.05) is 0 Å². The molecule has 0 amide bonds. The fourth-order valence-corrected chi connectivity index (χ4v) is 1.90. The molecule has 78 valence electrons. The van der Waals surface area contributed by atoms with Crippen molar-refractivity contribution < 1.29 is 14.3 Å². The van der Waals surface area contributed by atoms with E-state index in [0.717, 1.165) is 0 Å². The first-order chi connectivity index (χ1) is 7.02. The van der Waals surface area contributed by atoms with Crippen LogP contribution in [0.15, 0.2) is 16.7 Å². The van der Waals surface area contributed by atoms with Crippen molar-refractivity contribution >= 4 is 32.8 Å². The van der Waals surface area contributed by atoms with Gasteiger partial charge in [0.1, 0.15) is 0 Å². The van der Waals surface area contributed by atoms with Gasteiger partial charge >= 0.3 is 5.97 Å². The van der Waals surface area contributed by atoms with E-state index < -0.39 is 11.8 Å². The quantitative estimate of drug-likeness (QED) is 0.866. The Hall–Kier alpha value is -1.43. The number of hydrogen-bond donors (Lipinski definition) is 1. The Morgan fingerprint density at radius 2 is 2.33 bits per heavy atom. The lowest BCUT2D eigenvalue weighted by molar-refractivity contribution is 0.0692. The summed E-state index contributed by atoms with van der Waals surface area (Å²) in [5.74, 6) is -2.07. The van der Waals surface area contributed by atoms with Crippen LogP contribution in [0.25, 0.3) is 10.9 Å². The van der Waals surface area contributed by atoms with E-state index in [1.165, 1.54) is 16.9 Å². The van der Waals surface area contributed by atoms with Crippen LogP contribution >= 0.6 is 15.9 Å². The minimum atomic E-state index is -1.30. The summed E-state index contributed by atoms with van der Waals surface area (Å²) in [5, 5.41) is 13.3. The predicted molar refractivity (Wildman–Crippen MR) is 55.3 cm³/mol. The van der Waals surface area contributed by atoms with Crippen LogP contribution < -0.4 is 0 Å². The number of carboxylic acids is 1. The van der Waals surface area contributed by atoms with E-state index in [-0.39, 0.29) is 10.0 Å². The summed E-state index contributed by atoms with van der Waals surface area (Å²) in [6, 6.07) is 1.27. The van der Waals surface area contributed by atoms with Crippen LogP contribution in [0.2, 0.25) is 0 Å². The zero-order chi connectivity index (χ0) is 11.2. The lowest BCUT2D eigenvalue weighted by atomic mass is 10.1. The molecule has 4 nitrogen and oxygen atoms in total. The number of carboxylic acid groups (broad SMARTS) is 1. The Bertz CT molecular complexity index is 565. The highest BCUT2D eigenvalue weighted by Gasteiger charge is 2.18. The molecule has 0 atom stereocenters. The molecule has 1 heterocycles. The number of aromatic nitrogens is 2. The van der Waals surface area contributed by atoms with Gasteiger partial charge in [0.05, 0.1) is 21.7 Å². The average Bonchev–Trinajstić information content (AvgIpc) is 2.53. The topological polar surface area (TPSA) is 55.1 Å². The highest BCUT2D eigenvalue weighted by molar-refractivity contribution is 9.10. The number of nitrogens with zero attached hydrogens (tertiary/aromatic N) is 2. The SMILES string of the molecule is Cn1ncc2c(Br)c(F)c(C(=O)O)cc21. The number of carbonyl (C=O) groups is 1. The number of rotatable bonds is 1. The zero-order valence-electron chi connectivity index (χ0n) is 7.66. The van der Waals surface area contributed by atoms with Crippen molar-refractivity contribution in [1.29, 1.82) is 0 Å². The fraction of sp³-hybridized carbons (Fsp3) is 0.111. The average molecular weight is 273 g/mol. The molecule has 2 aromatic rings. The third kappa shape index (κ3) is 1.41. The van der Waals surface area contributed by atoms with Gasteiger partial charge in [0.15, 0.2) is 5.82 Å². The van der Waals surface area contributed by atoms with Crippen LogP contribution in [0.1, 0.15) is 10.4 Å². The molecule has 0 aliphatic carbocycles. The monoisotopic (exact) mass is 272 g/mol. The smallest absolute Gasteiger partial charge is 0.338 e. The maximum atomic E-state index is 13.5. The summed E-state index contributed by atoms with van der Waals surface area (Å²) in [6.07, 6.45) is 1.48. The standard InChI is InChI=1S/C9H6BrFN2O2/c1-13-6-2-4(9(14)15)8(11)7(10)5(6)3-12-13/h2-3H,1H3,(H,14,15). The molecule has 15 heavy (non-hydrogen) atoms. The van der Waals surface area contributed by atoms with Crippen molar-refractivity contribution in [3.63, 3.8) is 0 Å². The second-order valence-corrected chi connectivity index (χ2v) is 3.85. The first-order valence-electron chi connectivity index (χ1n) is 4.05. The van der Waals surface area contributed by atoms with E-state index in [0.29, 0.717) is 10.9 Å². The van der Waals surface area contributed by atoms with Gasteiger partial charge in [-0.3, -0.25) is 4.68 Å². The Balaban J connectivity index is 2.91. The first-order valence-corrected chi connectivity index (χ1v) is 4.84. The lowest BCUT2D eigenvalue weighted by Gasteiger charge is -2.02. The number of halogens is 2. The lowest BCUT2D eigenvalue weighted by Crippen LogP contribution is -2.02. The zero-order valence-corrected chi connectivity index (χ0v) is 9.25. The van der Waals surface area contributed by atoms with Gasteiger partial charge in [0.2, 0.25) is 0 Å². The van der Waals surface area contributed by atoms with E-state index in [2.05, 4.69) is 21.0 Å². The van der Waals surface area contributed by atoms with Gasteiger partial charge in [0.25, 0.3) is 0 Å². The Morgan fingerprint density at radius 3 is 2.93 bits per heavy atom. The number of benzene rings is 1. The summed E-state index contributed by atoms with van der Waals surface area (Å²) in [5.41, 5.74) is 0.207. The van der Waals surface area contributed by atoms with Gasteiger partial charge in [-0.2, -0.15) is 5.10 Å². The van der Waals surface area contributed by atoms with Crippen LogP contribution in [0, 0.1) is 5.82 Å². The fourth-order valence-electron chi connectivity index (χ4n) is 1.38.